The molecular weight excluding hydrogens is 461 g/mol. The molecule has 8 heteroatoms. The quantitative estimate of drug-likeness (QED) is 0.386. The molecule has 1 heterocycles. The zero-order valence-corrected chi connectivity index (χ0v) is 18.7. The monoisotopic (exact) mass is 477 g/mol. The second-order valence-electron chi connectivity index (χ2n) is 7.16. The summed E-state index contributed by atoms with van der Waals surface area (Å²) in [6.07, 6.45) is 0.309. The Kier molecular flexibility index (Phi) is 6.78. The lowest BCUT2D eigenvalue weighted by Crippen LogP contribution is -2.31. The Bertz CT molecular complexity index is 1270. The van der Waals surface area contributed by atoms with Crippen LogP contribution in [0.3, 0.4) is 0 Å². The number of benzene rings is 3. The first-order valence-corrected chi connectivity index (χ1v) is 11.2. The van der Waals surface area contributed by atoms with Gasteiger partial charge in [-0.05, 0) is 54.4 Å². The SMILES string of the molecule is N#C/C(C(=O)Nc1ccccc1)=C1/SC(Cc2ccccc2Cl)C(=O)N1c1ccc(F)cc1. The molecule has 0 saturated carbocycles. The minimum absolute atomic E-state index is 0.194. The summed E-state index contributed by atoms with van der Waals surface area (Å²) in [7, 11) is 0. The van der Waals surface area contributed by atoms with Crippen LogP contribution in [-0.4, -0.2) is 17.1 Å². The van der Waals surface area contributed by atoms with E-state index < -0.39 is 17.0 Å². The molecule has 1 aliphatic rings. The average Bonchev–Trinajstić information content (AvgIpc) is 3.12. The van der Waals surface area contributed by atoms with Gasteiger partial charge >= 0.3 is 0 Å². The average molecular weight is 478 g/mol. The summed E-state index contributed by atoms with van der Waals surface area (Å²) in [5.74, 6) is -1.41. The number of nitrogens with zero attached hydrogens (tertiary/aromatic N) is 2. The van der Waals surface area contributed by atoms with Crippen molar-refractivity contribution in [3.8, 4) is 6.07 Å². The second-order valence-corrected chi connectivity index (χ2v) is 8.76. The zero-order chi connectivity index (χ0) is 23.4. The van der Waals surface area contributed by atoms with E-state index in [1.165, 1.54) is 29.2 Å². The molecule has 1 fully saturated rings. The summed E-state index contributed by atoms with van der Waals surface area (Å²) >= 11 is 7.41. The van der Waals surface area contributed by atoms with Crippen LogP contribution in [-0.2, 0) is 16.0 Å². The van der Waals surface area contributed by atoms with Gasteiger partial charge in [0, 0.05) is 16.4 Å². The summed E-state index contributed by atoms with van der Waals surface area (Å²) in [4.78, 5) is 27.7. The molecule has 0 aromatic heterocycles. The van der Waals surface area contributed by atoms with E-state index in [0.717, 1.165) is 17.3 Å². The Hall–Kier alpha value is -3.60. The molecule has 33 heavy (non-hydrogen) atoms. The number of hydrogen-bond donors (Lipinski definition) is 1. The third-order valence-corrected chi connectivity index (χ3v) is 6.62. The number of nitriles is 1. The number of anilines is 2. The fourth-order valence-corrected chi connectivity index (χ4v) is 4.90. The third kappa shape index (κ3) is 4.92. The summed E-state index contributed by atoms with van der Waals surface area (Å²) in [6, 6.07) is 23.2. The molecule has 1 unspecified atom stereocenters. The highest BCUT2D eigenvalue weighted by molar-refractivity contribution is 8.05. The van der Waals surface area contributed by atoms with Gasteiger partial charge in [-0.2, -0.15) is 5.26 Å². The molecule has 0 radical (unpaired) electrons. The van der Waals surface area contributed by atoms with E-state index in [2.05, 4.69) is 5.32 Å². The first kappa shape index (κ1) is 22.6. The third-order valence-electron chi connectivity index (χ3n) is 4.99. The van der Waals surface area contributed by atoms with Crippen LogP contribution in [0, 0.1) is 17.1 Å². The van der Waals surface area contributed by atoms with Crippen molar-refractivity contribution in [2.45, 2.75) is 11.7 Å². The molecule has 4 rings (SSSR count). The van der Waals surface area contributed by atoms with E-state index in [4.69, 9.17) is 11.6 Å². The van der Waals surface area contributed by atoms with Crippen molar-refractivity contribution in [2.24, 2.45) is 0 Å². The molecule has 1 saturated heterocycles. The highest BCUT2D eigenvalue weighted by Gasteiger charge is 2.41. The topological polar surface area (TPSA) is 73.2 Å². The van der Waals surface area contributed by atoms with Crippen LogP contribution in [0.2, 0.25) is 5.02 Å². The van der Waals surface area contributed by atoms with Gasteiger partial charge in [0.25, 0.3) is 5.91 Å². The van der Waals surface area contributed by atoms with E-state index in [0.29, 0.717) is 22.8 Å². The molecule has 0 spiro atoms. The summed E-state index contributed by atoms with van der Waals surface area (Å²) < 4.78 is 13.5. The predicted molar refractivity (Wildman–Crippen MR) is 128 cm³/mol. The summed E-state index contributed by atoms with van der Waals surface area (Å²) in [5, 5.41) is 12.6. The van der Waals surface area contributed by atoms with E-state index in [1.807, 2.05) is 18.2 Å². The Morgan fingerprint density at radius 2 is 1.73 bits per heavy atom. The van der Waals surface area contributed by atoms with Crippen molar-refractivity contribution < 1.29 is 14.0 Å². The van der Waals surface area contributed by atoms with Crippen LogP contribution in [0.5, 0.6) is 0 Å². The van der Waals surface area contributed by atoms with Gasteiger partial charge in [0.2, 0.25) is 5.91 Å². The standard InChI is InChI=1S/C25H17ClFN3O2S/c26-21-9-5-4-6-16(21)14-22-24(32)30(19-12-10-17(27)11-13-19)25(33-22)20(15-28)23(31)29-18-7-2-1-3-8-18/h1-13,22H,14H2,(H,29,31)/b25-20-. The lowest BCUT2D eigenvalue weighted by atomic mass is 10.1. The molecule has 1 aliphatic heterocycles. The first-order chi connectivity index (χ1) is 16.0. The first-order valence-electron chi connectivity index (χ1n) is 9.98. The highest BCUT2D eigenvalue weighted by Crippen LogP contribution is 2.42. The molecule has 3 aromatic carbocycles. The van der Waals surface area contributed by atoms with Gasteiger partial charge in [0.05, 0.1) is 5.25 Å². The van der Waals surface area contributed by atoms with Crippen molar-refractivity contribution in [1.82, 2.24) is 0 Å². The molecule has 5 nitrogen and oxygen atoms in total. The largest absolute Gasteiger partial charge is 0.321 e. The number of halogens is 2. The van der Waals surface area contributed by atoms with Gasteiger partial charge < -0.3 is 5.32 Å². The lowest BCUT2D eigenvalue weighted by molar-refractivity contribution is -0.117. The number of para-hydroxylation sites is 1. The van der Waals surface area contributed by atoms with Crippen LogP contribution < -0.4 is 10.2 Å². The maximum atomic E-state index is 13.5. The normalized spacial score (nSPS) is 16.9. The summed E-state index contributed by atoms with van der Waals surface area (Å²) in [6.45, 7) is 0. The molecule has 1 atom stereocenters. The van der Waals surface area contributed by atoms with Gasteiger partial charge in [0.15, 0.2) is 0 Å². The van der Waals surface area contributed by atoms with Crippen LogP contribution in [0.1, 0.15) is 5.56 Å². The number of carbonyl (C=O) groups is 2. The van der Waals surface area contributed by atoms with E-state index in [-0.39, 0.29) is 16.5 Å². The maximum Gasteiger partial charge on any atom is 0.269 e. The smallest absolute Gasteiger partial charge is 0.269 e. The fourth-order valence-electron chi connectivity index (χ4n) is 3.39. The molecular formula is C25H17ClFN3O2S. The molecule has 0 aliphatic carbocycles. The van der Waals surface area contributed by atoms with E-state index >= 15 is 0 Å². The number of carbonyl (C=O) groups excluding carboxylic acids is 2. The number of nitrogens with one attached hydrogen (secondary N) is 1. The minimum atomic E-state index is -0.635. The van der Waals surface area contributed by atoms with Crippen molar-refractivity contribution in [2.75, 3.05) is 10.2 Å². The highest BCUT2D eigenvalue weighted by atomic mass is 35.5. The van der Waals surface area contributed by atoms with Crippen LogP contribution in [0.25, 0.3) is 0 Å². The van der Waals surface area contributed by atoms with Crippen LogP contribution in [0.4, 0.5) is 15.8 Å². The Morgan fingerprint density at radius 1 is 1.06 bits per heavy atom. The van der Waals surface area contributed by atoms with Crippen LogP contribution in [0.15, 0.2) is 89.5 Å². The van der Waals surface area contributed by atoms with Crippen molar-refractivity contribution in [3.63, 3.8) is 0 Å². The van der Waals surface area contributed by atoms with Gasteiger partial charge in [-0.3, -0.25) is 14.5 Å². The summed E-state index contributed by atoms with van der Waals surface area (Å²) in [5.41, 5.74) is 1.46. The molecule has 3 aromatic rings. The Labute approximate surface area is 199 Å². The minimum Gasteiger partial charge on any atom is -0.321 e. The zero-order valence-electron chi connectivity index (χ0n) is 17.2. The number of amides is 2. The maximum absolute atomic E-state index is 13.5. The van der Waals surface area contributed by atoms with Crippen molar-refractivity contribution in [3.05, 3.63) is 106 Å². The number of thioether (sulfide) groups is 1. The predicted octanol–water partition coefficient (Wildman–Crippen LogP) is 5.54. The number of rotatable bonds is 5. The fraction of sp³-hybridized carbons (Fsp3) is 0.0800. The molecule has 164 valence electrons. The van der Waals surface area contributed by atoms with E-state index in [9.17, 15) is 19.2 Å². The van der Waals surface area contributed by atoms with Crippen molar-refractivity contribution >= 4 is 46.6 Å². The second kappa shape index (κ2) is 9.90. The van der Waals surface area contributed by atoms with Crippen LogP contribution >= 0.6 is 23.4 Å². The van der Waals surface area contributed by atoms with E-state index in [1.54, 1.807) is 42.5 Å². The Balaban J connectivity index is 1.74. The molecule has 0 bridgehead atoms. The van der Waals surface area contributed by atoms with Gasteiger partial charge in [-0.1, -0.05) is 59.8 Å². The number of hydrogen-bond acceptors (Lipinski definition) is 4. The van der Waals surface area contributed by atoms with Gasteiger partial charge in [-0.25, -0.2) is 4.39 Å². The molecule has 2 amide bonds. The van der Waals surface area contributed by atoms with Gasteiger partial charge in [-0.15, -0.1) is 0 Å². The Morgan fingerprint density at radius 3 is 2.39 bits per heavy atom. The van der Waals surface area contributed by atoms with Crippen molar-refractivity contribution in [1.29, 1.82) is 5.26 Å². The lowest BCUT2D eigenvalue weighted by Gasteiger charge is -2.18. The van der Waals surface area contributed by atoms with Gasteiger partial charge in [0.1, 0.15) is 22.5 Å². The molecule has 1 N–H and O–H groups in total.